The van der Waals surface area contributed by atoms with Gasteiger partial charge in [0.15, 0.2) is 0 Å². The second-order valence-corrected chi connectivity index (χ2v) is 6.43. The van der Waals surface area contributed by atoms with Crippen molar-refractivity contribution in [1.82, 2.24) is 5.32 Å². The number of hydrogen-bond donors (Lipinski definition) is 1. The minimum atomic E-state index is -0.518. The van der Waals surface area contributed by atoms with Crippen molar-refractivity contribution in [3.05, 3.63) is 35.4 Å². The molecule has 0 radical (unpaired) electrons. The quantitative estimate of drug-likeness (QED) is 0.866. The molecule has 4 heteroatoms. The summed E-state index contributed by atoms with van der Waals surface area (Å²) in [6.07, 6.45) is 6.51. The fraction of sp³-hybridized carbons (Fsp3) is 0.600. The van der Waals surface area contributed by atoms with Crippen molar-refractivity contribution in [3.63, 3.8) is 0 Å². The van der Waals surface area contributed by atoms with Crippen molar-refractivity contribution in [3.8, 4) is 0 Å². The van der Waals surface area contributed by atoms with Crippen molar-refractivity contribution in [2.75, 3.05) is 12.8 Å². The van der Waals surface area contributed by atoms with Crippen LogP contribution in [-0.4, -0.2) is 18.1 Å². The molecule has 0 spiro atoms. The highest BCUT2D eigenvalue weighted by atomic mass is 32.2. The number of rotatable bonds is 5. The molecule has 1 atom stereocenters. The summed E-state index contributed by atoms with van der Waals surface area (Å²) in [5.74, 6) is -0.136. The second kappa shape index (κ2) is 7.25. The first-order chi connectivity index (χ1) is 9.20. The molecule has 0 aromatic heterocycles. The molecule has 0 bridgehead atoms. The molecule has 1 aromatic carbocycles. The van der Waals surface area contributed by atoms with Gasteiger partial charge in [0.1, 0.15) is 11.6 Å². The van der Waals surface area contributed by atoms with Gasteiger partial charge in [0.25, 0.3) is 0 Å². The van der Waals surface area contributed by atoms with E-state index in [9.17, 15) is 8.78 Å². The van der Waals surface area contributed by atoms with Crippen LogP contribution in [0, 0.1) is 11.6 Å². The van der Waals surface area contributed by atoms with E-state index in [1.165, 1.54) is 38.2 Å². The highest BCUT2D eigenvalue weighted by Crippen LogP contribution is 2.31. The van der Waals surface area contributed by atoms with Gasteiger partial charge in [-0.3, -0.25) is 0 Å². The first-order valence-electron chi connectivity index (χ1n) is 6.94. The van der Waals surface area contributed by atoms with E-state index in [0.717, 1.165) is 11.8 Å². The summed E-state index contributed by atoms with van der Waals surface area (Å²) in [5, 5.41) is 3.84. The van der Waals surface area contributed by atoms with E-state index in [1.54, 1.807) is 6.07 Å². The predicted octanol–water partition coefficient (Wildman–Crippen LogP) is 4.29. The Kier molecular flexibility index (Phi) is 5.64. The van der Waals surface area contributed by atoms with E-state index in [-0.39, 0.29) is 6.04 Å². The first kappa shape index (κ1) is 14.8. The second-order valence-electron chi connectivity index (χ2n) is 5.10. The summed E-state index contributed by atoms with van der Waals surface area (Å²) in [6, 6.07) is 3.79. The van der Waals surface area contributed by atoms with Gasteiger partial charge in [-0.05, 0) is 26.0 Å². The molecular formula is C15H21F2NS. The summed E-state index contributed by atoms with van der Waals surface area (Å²) in [5.41, 5.74) is 0.562. The highest BCUT2D eigenvalue weighted by molar-refractivity contribution is 7.99. The largest absolute Gasteiger partial charge is 0.312 e. The van der Waals surface area contributed by atoms with Gasteiger partial charge < -0.3 is 5.32 Å². The topological polar surface area (TPSA) is 12.0 Å². The third kappa shape index (κ3) is 4.18. The Morgan fingerprint density at radius 3 is 2.63 bits per heavy atom. The normalized spacial score (nSPS) is 18.5. The zero-order chi connectivity index (χ0) is 13.7. The molecule has 1 aromatic rings. The van der Waals surface area contributed by atoms with Crippen LogP contribution in [0.5, 0.6) is 0 Å². The molecule has 106 valence electrons. The molecule has 1 saturated carbocycles. The standard InChI is InChI=1S/C15H21F2NS/c1-18-15(10-19-12-5-3-2-4-6-12)13-8-7-11(16)9-14(13)17/h7-9,12,15,18H,2-6,10H2,1H3. The molecule has 1 nitrogen and oxygen atoms in total. The Bertz CT molecular complexity index is 405. The van der Waals surface area contributed by atoms with Crippen LogP contribution in [0.3, 0.4) is 0 Å². The summed E-state index contributed by atoms with van der Waals surface area (Å²) < 4.78 is 26.7. The molecule has 0 aliphatic heterocycles. The summed E-state index contributed by atoms with van der Waals surface area (Å²) >= 11 is 1.91. The van der Waals surface area contributed by atoms with Crippen molar-refractivity contribution in [2.45, 2.75) is 43.4 Å². The van der Waals surface area contributed by atoms with E-state index >= 15 is 0 Å². The average Bonchev–Trinajstić information content (AvgIpc) is 2.42. The molecule has 0 heterocycles. The van der Waals surface area contributed by atoms with Crippen LogP contribution in [0.2, 0.25) is 0 Å². The fourth-order valence-electron chi connectivity index (χ4n) is 2.58. The van der Waals surface area contributed by atoms with Crippen molar-refractivity contribution in [1.29, 1.82) is 0 Å². The average molecular weight is 285 g/mol. The van der Waals surface area contributed by atoms with Crippen LogP contribution in [0.15, 0.2) is 18.2 Å². The van der Waals surface area contributed by atoms with Gasteiger partial charge in [0, 0.05) is 28.7 Å². The fourth-order valence-corrected chi connectivity index (χ4v) is 4.05. The van der Waals surface area contributed by atoms with Crippen LogP contribution in [0.1, 0.15) is 43.7 Å². The Balaban J connectivity index is 1.95. The van der Waals surface area contributed by atoms with Gasteiger partial charge in [-0.25, -0.2) is 8.78 Å². The zero-order valence-corrected chi connectivity index (χ0v) is 12.1. The highest BCUT2D eigenvalue weighted by Gasteiger charge is 2.19. The minimum absolute atomic E-state index is 0.0486. The summed E-state index contributed by atoms with van der Waals surface area (Å²) in [4.78, 5) is 0. The Hall–Kier alpha value is -0.610. The maximum atomic E-state index is 13.8. The van der Waals surface area contributed by atoms with Crippen LogP contribution in [-0.2, 0) is 0 Å². The van der Waals surface area contributed by atoms with Crippen LogP contribution in [0.4, 0.5) is 8.78 Å². The Labute approximate surface area is 118 Å². The summed E-state index contributed by atoms with van der Waals surface area (Å²) in [6.45, 7) is 0. The van der Waals surface area contributed by atoms with Crippen molar-refractivity contribution < 1.29 is 8.78 Å². The first-order valence-corrected chi connectivity index (χ1v) is 7.99. The number of hydrogen-bond acceptors (Lipinski definition) is 2. The maximum Gasteiger partial charge on any atom is 0.130 e. The molecule has 1 aliphatic rings. The third-order valence-corrected chi connectivity index (χ3v) is 5.21. The number of nitrogens with one attached hydrogen (secondary N) is 1. The SMILES string of the molecule is CNC(CSC1CCCCC1)c1ccc(F)cc1F. The molecule has 1 fully saturated rings. The van der Waals surface area contributed by atoms with Crippen LogP contribution >= 0.6 is 11.8 Å². The zero-order valence-electron chi connectivity index (χ0n) is 11.3. The van der Waals surface area contributed by atoms with E-state index in [4.69, 9.17) is 0 Å². The van der Waals surface area contributed by atoms with Crippen molar-refractivity contribution in [2.24, 2.45) is 0 Å². The molecule has 1 unspecified atom stereocenters. The molecule has 19 heavy (non-hydrogen) atoms. The lowest BCUT2D eigenvalue weighted by Gasteiger charge is -2.24. The van der Waals surface area contributed by atoms with Gasteiger partial charge in [-0.2, -0.15) is 11.8 Å². The van der Waals surface area contributed by atoms with Crippen molar-refractivity contribution >= 4 is 11.8 Å². The van der Waals surface area contributed by atoms with E-state index in [0.29, 0.717) is 10.8 Å². The van der Waals surface area contributed by atoms with Crippen LogP contribution < -0.4 is 5.32 Å². The van der Waals surface area contributed by atoms with Gasteiger partial charge in [0.05, 0.1) is 0 Å². The molecule has 2 rings (SSSR count). The summed E-state index contributed by atoms with van der Waals surface area (Å²) in [7, 11) is 1.83. The van der Waals surface area contributed by atoms with Crippen LogP contribution in [0.25, 0.3) is 0 Å². The molecule has 1 N–H and O–H groups in total. The monoisotopic (exact) mass is 285 g/mol. The van der Waals surface area contributed by atoms with Gasteiger partial charge in [-0.1, -0.05) is 25.3 Å². The van der Waals surface area contributed by atoms with E-state index in [1.807, 2.05) is 18.8 Å². The van der Waals surface area contributed by atoms with E-state index in [2.05, 4.69) is 5.32 Å². The van der Waals surface area contributed by atoms with Gasteiger partial charge in [0.2, 0.25) is 0 Å². The number of benzene rings is 1. The molecular weight excluding hydrogens is 264 g/mol. The van der Waals surface area contributed by atoms with E-state index < -0.39 is 11.6 Å². The number of halogens is 2. The lowest BCUT2D eigenvalue weighted by molar-refractivity contribution is 0.513. The Morgan fingerprint density at radius 2 is 2.00 bits per heavy atom. The number of thioether (sulfide) groups is 1. The molecule has 1 aliphatic carbocycles. The lowest BCUT2D eigenvalue weighted by Crippen LogP contribution is -2.22. The molecule has 0 saturated heterocycles. The smallest absolute Gasteiger partial charge is 0.130 e. The predicted molar refractivity (Wildman–Crippen MR) is 77.5 cm³/mol. The maximum absolute atomic E-state index is 13.8. The minimum Gasteiger partial charge on any atom is -0.312 e. The lowest BCUT2D eigenvalue weighted by atomic mass is 10.0. The molecule has 0 amide bonds. The van der Waals surface area contributed by atoms with Gasteiger partial charge >= 0.3 is 0 Å². The van der Waals surface area contributed by atoms with Gasteiger partial charge in [-0.15, -0.1) is 0 Å². The Morgan fingerprint density at radius 1 is 1.26 bits per heavy atom. The third-order valence-electron chi connectivity index (χ3n) is 3.74.